The third-order valence-electron chi connectivity index (χ3n) is 4.92. The average Bonchev–Trinajstić information content (AvgIpc) is 3.10. The van der Waals surface area contributed by atoms with E-state index in [2.05, 4.69) is 76.2 Å². The first-order chi connectivity index (χ1) is 11.0. The van der Waals surface area contributed by atoms with Crippen LogP contribution in [0.1, 0.15) is 90.3 Å². The summed E-state index contributed by atoms with van der Waals surface area (Å²) in [5.41, 5.74) is 2.55. The molecule has 0 saturated carbocycles. The molecule has 0 amide bonds. The van der Waals surface area contributed by atoms with Gasteiger partial charge in [-0.3, -0.25) is 0 Å². The molecular formula is C20H34N4. The Morgan fingerprint density at radius 3 is 2.38 bits per heavy atom. The van der Waals surface area contributed by atoms with Gasteiger partial charge in [0.25, 0.3) is 0 Å². The second-order valence-corrected chi connectivity index (χ2v) is 8.78. The highest BCUT2D eigenvalue weighted by molar-refractivity contribution is 5.15. The van der Waals surface area contributed by atoms with Crippen LogP contribution in [-0.4, -0.2) is 19.5 Å². The number of aromatic nitrogens is 4. The van der Waals surface area contributed by atoms with Crippen molar-refractivity contribution in [2.75, 3.05) is 0 Å². The van der Waals surface area contributed by atoms with Gasteiger partial charge in [0.05, 0.1) is 5.69 Å². The summed E-state index contributed by atoms with van der Waals surface area (Å²) in [6, 6.07) is 0. The molecule has 0 radical (unpaired) electrons. The minimum Gasteiger partial charge on any atom is -0.345 e. The number of hydrogen-bond donors (Lipinski definition) is 1. The van der Waals surface area contributed by atoms with Crippen LogP contribution in [0.15, 0.2) is 12.4 Å². The van der Waals surface area contributed by atoms with E-state index < -0.39 is 0 Å². The van der Waals surface area contributed by atoms with Gasteiger partial charge < -0.3 is 9.55 Å². The summed E-state index contributed by atoms with van der Waals surface area (Å²) in [4.78, 5) is 13.0. The fourth-order valence-electron chi connectivity index (χ4n) is 3.15. The molecule has 0 aliphatic heterocycles. The van der Waals surface area contributed by atoms with Gasteiger partial charge in [0.15, 0.2) is 0 Å². The van der Waals surface area contributed by atoms with Crippen molar-refractivity contribution >= 4 is 0 Å². The summed E-state index contributed by atoms with van der Waals surface area (Å²) in [6.07, 6.45) is 7.36. The van der Waals surface area contributed by atoms with E-state index in [0.717, 1.165) is 30.9 Å². The molecule has 0 aliphatic rings. The molecule has 4 nitrogen and oxygen atoms in total. The second-order valence-electron chi connectivity index (χ2n) is 8.78. The van der Waals surface area contributed by atoms with Crippen molar-refractivity contribution in [3.63, 3.8) is 0 Å². The summed E-state index contributed by atoms with van der Waals surface area (Å²) < 4.78 is 2.18. The maximum absolute atomic E-state index is 4.91. The predicted molar refractivity (Wildman–Crippen MR) is 101 cm³/mol. The normalized spacial score (nSPS) is 14.2. The van der Waals surface area contributed by atoms with Gasteiger partial charge in [-0.2, -0.15) is 0 Å². The Kier molecular flexibility index (Phi) is 5.26. The average molecular weight is 331 g/mol. The Morgan fingerprint density at radius 1 is 1.21 bits per heavy atom. The van der Waals surface area contributed by atoms with Crippen molar-refractivity contribution < 1.29 is 0 Å². The molecule has 0 spiro atoms. The Morgan fingerprint density at radius 2 is 1.88 bits per heavy atom. The van der Waals surface area contributed by atoms with Crippen LogP contribution in [0.2, 0.25) is 0 Å². The standard InChI is InChI=1S/C20H34N4/c1-9-15-12-21-17(22-15)20(6,7)11-10-14(2)16-13-24(8)18(23-16)19(3,4)5/h12-14H,9-11H2,1-8H3,(H,21,22). The minimum absolute atomic E-state index is 0.0588. The molecule has 24 heavy (non-hydrogen) atoms. The van der Waals surface area contributed by atoms with Crippen molar-refractivity contribution in [2.24, 2.45) is 7.05 Å². The highest BCUT2D eigenvalue weighted by atomic mass is 15.1. The maximum atomic E-state index is 4.91. The number of hydrogen-bond acceptors (Lipinski definition) is 2. The number of nitrogens with zero attached hydrogens (tertiary/aromatic N) is 3. The molecule has 1 N–H and O–H groups in total. The summed E-state index contributed by atoms with van der Waals surface area (Å²) >= 11 is 0. The molecule has 2 aromatic rings. The summed E-state index contributed by atoms with van der Waals surface area (Å²) in [5.74, 6) is 2.71. The van der Waals surface area contributed by atoms with Gasteiger partial charge in [0.1, 0.15) is 11.6 Å². The van der Waals surface area contributed by atoms with Gasteiger partial charge in [0.2, 0.25) is 0 Å². The Balaban J connectivity index is 2.06. The molecule has 2 heterocycles. The van der Waals surface area contributed by atoms with Crippen LogP contribution in [0.4, 0.5) is 0 Å². The van der Waals surface area contributed by atoms with Crippen LogP contribution in [0.25, 0.3) is 0 Å². The van der Waals surface area contributed by atoms with E-state index in [0.29, 0.717) is 5.92 Å². The molecule has 134 valence electrons. The van der Waals surface area contributed by atoms with E-state index in [9.17, 15) is 0 Å². The molecule has 1 unspecified atom stereocenters. The molecule has 2 rings (SSSR count). The number of nitrogens with one attached hydrogen (secondary N) is 1. The van der Waals surface area contributed by atoms with Crippen LogP contribution in [0.5, 0.6) is 0 Å². The second kappa shape index (κ2) is 6.73. The summed E-state index contributed by atoms with van der Waals surface area (Å²) in [7, 11) is 2.10. The van der Waals surface area contributed by atoms with Gasteiger partial charge in [-0.05, 0) is 25.2 Å². The number of imidazole rings is 2. The van der Waals surface area contributed by atoms with Crippen LogP contribution < -0.4 is 0 Å². The molecule has 4 heteroatoms. The van der Waals surface area contributed by atoms with E-state index in [1.165, 1.54) is 11.4 Å². The first kappa shape index (κ1) is 18.8. The number of H-pyrrole nitrogens is 1. The molecule has 0 fully saturated rings. The minimum atomic E-state index is 0.0588. The van der Waals surface area contributed by atoms with Gasteiger partial charge in [0, 0.05) is 36.0 Å². The summed E-state index contributed by atoms with van der Waals surface area (Å²) in [6.45, 7) is 15.6. The first-order valence-electron chi connectivity index (χ1n) is 9.12. The zero-order valence-electron chi connectivity index (χ0n) is 16.7. The Hall–Kier alpha value is -1.58. The van der Waals surface area contributed by atoms with Gasteiger partial charge in [-0.25, -0.2) is 9.97 Å². The molecule has 0 bridgehead atoms. The van der Waals surface area contributed by atoms with Gasteiger partial charge in [-0.15, -0.1) is 0 Å². The van der Waals surface area contributed by atoms with Crippen LogP contribution in [0, 0.1) is 0 Å². The lowest BCUT2D eigenvalue weighted by Crippen LogP contribution is -2.20. The zero-order valence-corrected chi connectivity index (χ0v) is 16.7. The molecule has 0 aliphatic carbocycles. The Labute approximate surface area is 147 Å². The van der Waals surface area contributed by atoms with E-state index in [1.54, 1.807) is 0 Å². The number of aromatic amines is 1. The predicted octanol–water partition coefficient (Wildman–Crippen LogP) is 4.86. The quantitative estimate of drug-likeness (QED) is 0.821. The van der Waals surface area contributed by atoms with Crippen molar-refractivity contribution in [2.45, 2.75) is 84.5 Å². The fourth-order valence-corrected chi connectivity index (χ4v) is 3.15. The smallest absolute Gasteiger partial charge is 0.114 e. The maximum Gasteiger partial charge on any atom is 0.114 e. The molecule has 1 atom stereocenters. The zero-order chi connectivity index (χ0) is 18.1. The third-order valence-corrected chi connectivity index (χ3v) is 4.92. The van der Waals surface area contributed by atoms with E-state index in [-0.39, 0.29) is 10.8 Å². The highest BCUT2D eigenvalue weighted by Gasteiger charge is 2.26. The third kappa shape index (κ3) is 4.08. The number of rotatable bonds is 6. The van der Waals surface area contributed by atoms with Crippen molar-refractivity contribution in [3.05, 3.63) is 35.4 Å². The largest absolute Gasteiger partial charge is 0.345 e. The Bertz CT molecular complexity index is 670. The van der Waals surface area contributed by atoms with Crippen LogP contribution in [-0.2, 0) is 24.3 Å². The van der Waals surface area contributed by atoms with E-state index in [1.807, 2.05) is 6.20 Å². The lowest BCUT2D eigenvalue weighted by atomic mass is 9.83. The highest BCUT2D eigenvalue weighted by Crippen LogP contribution is 2.32. The van der Waals surface area contributed by atoms with Crippen LogP contribution >= 0.6 is 0 Å². The van der Waals surface area contributed by atoms with Crippen molar-refractivity contribution in [1.29, 1.82) is 0 Å². The monoisotopic (exact) mass is 330 g/mol. The fraction of sp³-hybridized carbons (Fsp3) is 0.700. The van der Waals surface area contributed by atoms with E-state index in [4.69, 9.17) is 4.98 Å². The lowest BCUT2D eigenvalue weighted by molar-refractivity contribution is 0.417. The molecular weight excluding hydrogens is 296 g/mol. The lowest BCUT2D eigenvalue weighted by Gasteiger charge is -2.23. The van der Waals surface area contributed by atoms with Gasteiger partial charge >= 0.3 is 0 Å². The topological polar surface area (TPSA) is 46.5 Å². The molecule has 2 aromatic heterocycles. The van der Waals surface area contributed by atoms with Crippen LogP contribution in [0.3, 0.4) is 0 Å². The van der Waals surface area contributed by atoms with Gasteiger partial charge in [-0.1, -0.05) is 48.5 Å². The SMILES string of the molecule is CCc1cnc(C(C)(C)CCC(C)c2cn(C)c(C(C)(C)C)n2)[nH]1. The van der Waals surface area contributed by atoms with Crippen molar-refractivity contribution in [1.82, 2.24) is 19.5 Å². The first-order valence-corrected chi connectivity index (χ1v) is 9.12. The number of aryl methyl sites for hydroxylation is 2. The summed E-state index contributed by atoms with van der Waals surface area (Å²) in [5, 5.41) is 0. The molecule has 0 aromatic carbocycles. The molecule has 0 saturated heterocycles. The van der Waals surface area contributed by atoms with E-state index >= 15 is 0 Å². The van der Waals surface area contributed by atoms with Crippen molar-refractivity contribution in [3.8, 4) is 0 Å².